The van der Waals surface area contributed by atoms with Gasteiger partial charge in [-0.3, -0.25) is 4.79 Å². The SMILES string of the molecule is COc1ccccc1C(=O)N/N=C\c1ccc(OCc2ccc(Cl)cc2)c(Br)c1. The molecule has 3 aromatic carbocycles. The van der Waals surface area contributed by atoms with E-state index >= 15 is 0 Å². The number of hydrogen-bond donors (Lipinski definition) is 1. The van der Waals surface area contributed by atoms with Crippen LogP contribution in [0.5, 0.6) is 11.5 Å². The van der Waals surface area contributed by atoms with E-state index < -0.39 is 0 Å². The van der Waals surface area contributed by atoms with Gasteiger partial charge in [0.25, 0.3) is 5.91 Å². The molecule has 0 heterocycles. The summed E-state index contributed by atoms with van der Waals surface area (Å²) in [6.45, 7) is 0.429. The highest BCUT2D eigenvalue weighted by molar-refractivity contribution is 9.10. The minimum Gasteiger partial charge on any atom is -0.496 e. The van der Waals surface area contributed by atoms with Gasteiger partial charge in [0, 0.05) is 5.02 Å². The first-order valence-corrected chi connectivity index (χ1v) is 9.87. The van der Waals surface area contributed by atoms with Gasteiger partial charge in [-0.15, -0.1) is 0 Å². The Kier molecular flexibility index (Phi) is 7.27. The van der Waals surface area contributed by atoms with Crippen LogP contribution in [0.4, 0.5) is 0 Å². The van der Waals surface area contributed by atoms with Crippen molar-refractivity contribution in [2.75, 3.05) is 7.11 Å². The summed E-state index contributed by atoms with van der Waals surface area (Å²) < 4.78 is 11.8. The summed E-state index contributed by atoms with van der Waals surface area (Å²) in [5.74, 6) is 0.848. The third-order valence-corrected chi connectivity index (χ3v) is 4.87. The first-order valence-electron chi connectivity index (χ1n) is 8.70. The molecule has 5 nitrogen and oxygen atoms in total. The third-order valence-electron chi connectivity index (χ3n) is 3.99. The van der Waals surface area contributed by atoms with E-state index in [-0.39, 0.29) is 5.91 Å². The van der Waals surface area contributed by atoms with Crippen molar-refractivity contribution >= 4 is 39.7 Å². The van der Waals surface area contributed by atoms with E-state index in [1.165, 1.54) is 7.11 Å². The molecule has 0 aliphatic heterocycles. The van der Waals surface area contributed by atoms with Crippen molar-refractivity contribution in [2.45, 2.75) is 6.61 Å². The van der Waals surface area contributed by atoms with Crippen LogP contribution in [0.2, 0.25) is 5.02 Å². The van der Waals surface area contributed by atoms with E-state index in [0.717, 1.165) is 15.6 Å². The van der Waals surface area contributed by atoms with Gasteiger partial charge >= 0.3 is 0 Å². The Morgan fingerprint density at radius 3 is 2.59 bits per heavy atom. The number of carbonyl (C=O) groups excluding carboxylic acids is 1. The lowest BCUT2D eigenvalue weighted by Crippen LogP contribution is -2.18. The molecule has 29 heavy (non-hydrogen) atoms. The molecule has 0 spiro atoms. The molecule has 0 saturated heterocycles. The lowest BCUT2D eigenvalue weighted by atomic mass is 10.2. The highest BCUT2D eigenvalue weighted by atomic mass is 79.9. The number of nitrogens with zero attached hydrogens (tertiary/aromatic N) is 1. The number of benzene rings is 3. The molecular formula is C22H18BrClN2O3. The highest BCUT2D eigenvalue weighted by Crippen LogP contribution is 2.26. The van der Waals surface area contributed by atoms with Gasteiger partial charge in [0.1, 0.15) is 18.1 Å². The summed E-state index contributed by atoms with van der Waals surface area (Å²) in [4.78, 5) is 12.2. The molecule has 3 aromatic rings. The number of halogens is 2. The van der Waals surface area contributed by atoms with E-state index in [1.807, 2.05) is 42.5 Å². The number of methoxy groups -OCH3 is 1. The van der Waals surface area contributed by atoms with Gasteiger partial charge in [-0.25, -0.2) is 5.43 Å². The second-order valence-electron chi connectivity index (χ2n) is 6.00. The normalized spacial score (nSPS) is 10.7. The second-order valence-corrected chi connectivity index (χ2v) is 7.30. The average molecular weight is 474 g/mol. The molecule has 0 bridgehead atoms. The van der Waals surface area contributed by atoms with E-state index in [0.29, 0.717) is 28.7 Å². The van der Waals surface area contributed by atoms with Crippen molar-refractivity contribution in [3.63, 3.8) is 0 Å². The van der Waals surface area contributed by atoms with E-state index in [1.54, 1.807) is 30.5 Å². The van der Waals surface area contributed by atoms with Crippen LogP contribution in [-0.4, -0.2) is 19.2 Å². The average Bonchev–Trinajstić information content (AvgIpc) is 2.74. The Labute approximate surface area is 182 Å². The maximum Gasteiger partial charge on any atom is 0.275 e. The molecule has 0 saturated carbocycles. The Morgan fingerprint density at radius 2 is 1.86 bits per heavy atom. The van der Waals surface area contributed by atoms with Crippen molar-refractivity contribution in [1.82, 2.24) is 5.43 Å². The number of para-hydroxylation sites is 1. The Morgan fingerprint density at radius 1 is 1.10 bits per heavy atom. The Bertz CT molecular complexity index is 1020. The van der Waals surface area contributed by atoms with Gasteiger partial charge < -0.3 is 9.47 Å². The number of nitrogens with one attached hydrogen (secondary N) is 1. The summed E-state index contributed by atoms with van der Waals surface area (Å²) in [6, 6.07) is 20.0. The first kappa shape index (κ1) is 20.9. The molecule has 0 fully saturated rings. The number of amides is 1. The molecule has 148 valence electrons. The van der Waals surface area contributed by atoms with Crippen LogP contribution in [0.3, 0.4) is 0 Å². The molecule has 0 radical (unpaired) electrons. The third kappa shape index (κ3) is 5.82. The standard InChI is InChI=1S/C22H18BrClN2O3/c1-28-20-5-3-2-4-18(20)22(27)26-25-13-16-8-11-21(19(23)12-16)29-14-15-6-9-17(24)10-7-15/h2-13H,14H2,1H3,(H,26,27)/b25-13-. The van der Waals surface area contributed by atoms with Crippen LogP contribution in [-0.2, 0) is 6.61 Å². The Balaban J connectivity index is 1.59. The quantitative estimate of drug-likeness (QED) is 0.366. The van der Waals surface area contributed by atoms with Crippen LogP contribution in [0.1, 0.15) is 21.5 Å². The molecule has 0 aliphatic carbocycles. The van der Waals surface area contributed by atoms with Crippen LogP contribution in [0.15, 0.2) is 76.3 Å². The number of hydrazone groups is 1. The topological polar surface area (TPSA) is 59.9 Å². The van der Waals surface area contributed by atoms with Crippen molar-refractivity contribution in [3.05, 3.63) is 92.9 Å². The van der Waals surface area contributed by atoms with Crippen molar-refractivity contribution in [2.24, 2.45) is 5.10 Å². The van der Waals surface area contributed by atoms with Gasteiger partial charge in [-0.05, 0) is 69.5 Å². The van der Waals surface area contributed by atoms with Crippen LogP contribution in [0, 0.1) is 0 Å². The minimum absolute atomic E-state index is 0.347. The molecule has 1 amide bonds. The molecule has 7 heteroatoms. The zero-order valence-electron chi connectivity index (χ0n) is 15.6. The van der Waals surface area contributed by atoms with Gasteiger partial charge in [0.05, 0.1) is 23.4 Å². The smallest absolute Gasteiger partial charge is 0.275 e. The molecular weight excluding hydrogens is 456 g/mol. The first-order chi connectivity index (χ1) is 14.1. The van der Waals surface area contributed by atoms with Crippen molar-refractivity contribution < 1.29 is 14.3 Å². The second kappa shape index (κ2) is 10.1. The number of carbonyl (C=O) groups is 1. The molecule has 0 aromatic heterocycles. The van der Waals surface area contributed by atoms with Gasteiger partial charge in [0.15, 0.2) is 0 Å². The fourth-order valence-corrected chi connectivity index (χ4v) is 3.15. The minimum atomic E-state index is -0.347. The summed E-state index contributed by atoms with van der Waals surface area (Å²) in [5, 5.41) is 4.70. The van der Waals surface area contributed by atoms with Crippen molar-refractivity contribution in [1.29, 1.82) is 0 Å². The fourth-order valence-electron chi connectivity index (χ4n) is 2.51. The van der Waals surface area contributed by atoms with E-state index in [4.69, 9.17) is 21.1 Å². The van der Waals surface area contributed by atoms with E-state index in [2.05, 4.69) is 26.5 Å². The van der Waals surface area contributed by atoms with Crippen molar-refractivity contribution in [3.8, 4) is 11.5 Å². The maximum absolute atomic E-state index is 12.2. The monoisotopic (exact) mass is 472 g/mol. The molecule has 0 atom stereocenters. The maximum atomic E-state index is 12.2. The number of hydrogen-bond acceptors (Lipinski definition) is 4. The van der Waals surface area contributed by atoms with Crippen LogP contribution in [0.25, 0.3) is 0 Å². The van der Waals surface area contributed by atoms with Gasteiger partial charge in [-0.2, -0.15) is 5.10 Å². The molecule has 1 N–H and O–H groups in total. The molecule has 0 aliphatic rings. The van der Waals surface area contributed by atoms with Gasteiger partial charge in [0.2, 0.25) is 0 Å². The molecule has 3 rings (SSSR count). The predicted octanol–water partition coefficient (Wildman–Crippen LogP) is 5.45. The lowest BCUT2D eigenvalue weighted by Gasteiger charge is -2.09. The number of ether oxygens (including phenoxy) is 2. The summed E-state index contributed by atoms with van der Waals surface area (Å²) >= 11 is 9.39. The van der Waals surface area contributed by atoms with Crippen LogP contribution >= 0.6 is 27.5 Å². The predicted molar refractivity (Wildman–Crippen MR) is 118 cm³/mol. The number of rotatable bonds is 7. The fraction of sp³-hybridized carbons (Fsp3) is 0.0909. The highest BCUT2D eigenvalue weighted by Gasteiger charge is 2.10. The van der Waals surface area contributed by atoms with E-state index in [9.17, 15) is 4.79 Å². The lowest BCUT2D eigenvalue weighted by molar-refractivity contribution is 0.0952. The largest absolute Gasteiger partial charge is 0.496 e. The zero-order chi connectivity index (χ0) is 20.6. The van der Waals surface area contributed by atoms with Gasteiger partial charge in [-0.1, -0.05) is 35.9 Å². The summed E-state index contributed by atoms with van der Waals surface area (Å²) in [5.41, 5.74) is 4.74. The molecule has 0 unspecified atom stereocenters. The van der Waals surface area contributed by atoms with Crippen LogP contribution < -0.4 is 14.9 Å². The summed E-state index contributed by atoms with van der Waals surface area (Å²) in [6.07, 6.45) is 1.56. The zero-order valence-corrected chi connectivity index (χ0v) is 17.9. The Hall–Kier alpha value is -2.83. The summed E-state index contributed by atoms with van der Waals surface area (Å²) in [7, 11) is 1.52.